The maximum atomic E-state index is 12.4. The molecule has 0 aliphatic carbocycles. The molecule has 12 heavy (non-hydrogen) atoms. The van der Waals surface area contributed by atoms with E-state index < -0.39 is 6.10 Å². The Morgan fingerprint density at radius 1 is 1.58 bits per heavy atom. The zero-order chi connectivity index (χ0) is 8.97. The molecule has 0 fully saturated rings. The van der Waals surface area contributed by atoms with Gasteiger partial charge in [-0.2, -0.15) is 0 Å². The lowest BCUT2D eigenvalue weighted by Gasteiger charge is -2.07. The highest BCUT2D eigenvalue weighted by molar-refractivity contribution is 5.07. The van der Waals surface area contributed by atoms with Crippen LogP contribution in [0.2, 0.25) is 0 Å². The van der Waals surface area contributed by atoms with Crippen molar-refractivity contribution >= 4 is 0 Å². The van der Waals surface area contributed by atoms with Crippen LogP contribution < -0.4 is 0 Å². The number of hydrogen-bond acceptors (Lipinski definition) is 2. The summed E-state index contributed by atoms with van der Waals surface area (Å²) in [6.45, 7) is 1.98. The molecule has 0 saturated carbocycles. The van der Waals surface area contributed by atoms with Gasteiger partial charge >= 0.3 is 0 Å². The summed E-state index contributed by atoms with van der Waals surface area (Å²) in [6.07, 6.45) is 2.11. The predicted molar refractivity (Wildman–Crippen MR) is 44.1 cm³/mol. The first-order chi connectivity index (χ1) is 5.74. The van der Waals surface area contributed by atoms with Gasteiger partial charge in [-0.15, -0.1) is 0 Å². The molecule has 1 rings (SSSR count). The maximum absolute atomic E-state index is 12.4. The molecule has 66 valence electrons. The average molecular weight is 169 g/mol. The van der Waals surface area contributed by atoms with E-state index in [-0.39, 0.29) is 5.82 Å². The fraction of sp³-hybridized carbons (Fsp3) is 0.444. The van der Waals surface area contributed by atoms with Crippen molar-refractivity contribution in [2.45, 2.75) is 25.9 Å². The number of rotatable bonds is 3. The molecule has 2 nitrogen and oxygen atoms in total. The molecular weight excluding hydrogens is 157 g/mol. The number of nitrogens with zero attached hydrogens (tertiary/aromatic N) is 1. The van der Waals surface area contributed by atoms with E-state index in [1.807, 2.05) is 6.92 Å². The molecule has 3 heteroatoms. The highest BCUT2D eigenvalue weighted by Gasteiger charge is 2.06. The van der Waals surface area contributed by atoms with Crippen LogP contribution >= 0.6 is 0 Å². The lowest BCUT2D eigenvalue weighted by Crippen LogP contribution is -1.99. The zero-order valence-electron chi connectivity index (χ0n) is 7.00. The van der Waals surface area contributed by atoms with E-state index in [0.29, 0.717) is 12.1 Å². The van der Waals surface area contributed by atoms with Crippen LogP contribution in [0, 0.1) is 5.82 Å². The second kappa shape index (κ2) is 4.16. The van der Waals surface area contributed by atoms with E-state index in [2.05, 4.69) is 4.98 Å². The summed E-state index contributed by atoms with van der Waals surface area (Å²) in [4.78, 5) is 3.77. The topological polar surface area (TPSA) is 33.1 Å². The third-order valence-corrected chi connectivity index (χ3v) is 1.65. The van der Waals surface area contributed by atoms with Gasteiger partial charge in [0.25, 0.3) is 0 Å². The lowest BCUT2D eigenvalue weighted by molar-refractivity contribution is 0.161. The van der Waals surface area contributed by atoms with Gasteiger partial charge in [-0.05, 0) is 18.6 Å². The molecule has 1 unspecified atom stereocenters. The molecule has 0 radical (unpaired) electrons. The number of aromatic nitrogens is 1. The number of aliphatic hydroxyl groups excluding tert-OH is 1. The minimum Gasteiger partial charge on any atom is -0.387 e. The molecule has 1 aromatic rings. The molecule has 0 aliphatic heterocycles. The first-order valence-electron chi connectivity index (χ1n) is 4.03. The highest BCUT2D eigenvalue weighted by Crippen LogP contribution is 2.15. The summed E-state index contributed by atoms with van der Waals surface area (Å²) in [6, 6.07) is 2.82. The molecule has 1 N–H and O–H groups in total. The Balaban J connectivity index is 2.68. The largest absolute Gasteiger partial charge is 0.387 e. The summed E-state index contributed by atoms with van der Waals surface area (Å²) in [7, 11) is 0. The Kier molecular flexibility index (Phi) is 3.17. The van der Waals surface area contributed by atoms with Crippen molar-refractivity contribution in [3.8, 4) is 0 Å². The predicted octanol–water partition coefficient (Wildman–Crippen LogP) is 2.05. The van der Waals surface area contributed by atoms with Crippen LogP contribution in [0.1, 0.15) is 31.6 Å². The quantitative estimate of drug-likeness (QED) is 0.751. The van der Waals surface area contributed by atoms with Crippen molar-refractivity contribution in [2.75, 3.05) is 0 Å². The SMILES string of the molecule is CCCC(O)c1ccc(F)cn1. The third-order valence-electron chi connectivity index (χ3n) is 1.65. The Morgan fingerprint density at radius 3 is 2.83 bits per heavy atom. The summed E-state index contributed by atoms with van der Waals surface area (Å²) in [5.74, 6) is -0.373. The summed E-state index contributed by atoms with van der Waals surface area (Å²) < 4.78 is 12.4. The van der Waals surface area contributed by atoms with Crippen LogP contribution in [0.15, 0.2) is 18.3 Å². The fourth-order valence-corrected chi connectivity index (χ4v) is 1.01. The van der Waals surface area contributed by atoms with Crippen LogP contribution in [-0.2, 0) is 0 Å². The van der Waals surface area contributed by atoms with E-state index in [4.69, 9.17) is 0 Å². The van der Waals surface area contributed by atoms with Gasteiger partial charge < -0.3 is 5.11 Å². The Bertz CT molecular complexity index is 235. The molecule has 1 aromatic heterocycles. The summed E-state index contributed by atoms with van der Waals surface area (Å²) in [5, 5.41) is 9.43. The van der Waals surface area contributed by atoms with Gasteiger partial charge in [-0.1, -0.05) is 13.3 Å². The second-order valence-corrected chi connectivity index (χ2v) is 2.71. The van der Waals surface area contributed by atoms with Crippen molar-refractivity contribution in [3.63, 3.8) is 0 Å². The van der Waals surface area contributed by atoms with Crippen LogP contribution in [0.3, 0.4) is 0 Å². The molecule has 0 amide bonds. The van der Waals surface area contributed by atoms with Crippen LogP contribution in [0.25, 0.3) is 0 Å². The van der Waals surface area contributed by atoms with E-state index in [0.717, 1.165) is 12.6 Å². The molecule has 0 bridgehead atoms. The average Bonchev–Trinajstić information content (AvgIpc) is 2.06. The smallest absolute Gasteiger partial charge is 0.141 e. The minimum atomic E-state index is -0.560. The Morgan fingerprint density at radius 2 is 2.33 bits per heavy atom. The minimum absolute atomic E-state index is 0.373. The van der Waals surface area contributed by atoms with Crippen molar-refractivity contribution in [2.24, 2.45) is 0 Å². The number of hydrogen-bond donors (Lipinski definition) is 1. The van der Waals surface area contributed by atoms with Crippen molar-refractivity contribution in [3.05, 3.63) is 29.8 Å². The van der Waals surface area contributed by atoms with Gasteiger partial charge in [0.05, 0.1) is 18.0 Å². The van der Waals surface area contributed by atoms with Crippen LogP contribution in [0.5, 0.6) is 0 Å². The van der Waals surface area contributed by atoms with Crippen molar-refractivity contribution in [1.29, 1.82) is 0 Å². The fourth-order valence-electron chi connectivity index (χ4n) is 1.01. The molecule has 0 aliphatic rings. The molecule has 0 spiro atoms. The number of pyridine rings is 1. The standard InChI is InChI=1S/C9H12FNO/c1-2-3-9(12)8-5-4-7(10)6-11-8/h4-6,9,12H,2-3H2,1H3. The van der Waals surface area contributed by atoms with Crippen LogP contribution in [-0.4, -0.2) is 10.1 Å². The van der Waals surface area contributed by atoms with Gasteiger partial charge in [0.2, 0.25) is 0 Å². The maximum Gasteiger partial charge on any atom is 0.141 e. The lowest BCUT2D eigenvalue weighted by atomic mass is 10.1. The Hall–Kier alpha value is -0.960. The van der Waals surface area contributed by atoms with Crippen molar-refractivity contribution in [1.82, 2.24) is 4.98 Å². The van der Waals surface area contributed by atoms with E-state index in [1.165, 1.54) is 12.1 Å². The highest BCUT2D eigenvalue weighted by atomic mass is 19.1. The summed E-state index contributed by atoms with van der Waals surface area (Å²) in [5.41, 5.74) is 0.540. The summed E-state index contributed by atoms with van der Waals surface area (Å²) >= 11 is 0. The molecule has 1 heterocycles. The van der Waals surface area contributed by atoms with E-state index in [1.54, 1.807) is 0 Å². The second-order valence-electron chi connectivity index (χ2n) is 2.71. The molecule has 1 atom stereocenters. The normalized spacial score (nSPS) is 12.9. The first kappa shape index (κ1) is 9.13. The number of halogens is 1. The van der Waals surface area contributed by atoms with Gasteiger partial charge in [-0.25, -0.2) is 4.39 Å². The Labute approximate surface area is 71.1 Å². The van der Waals surface area contributed by atoms with E-state index in [9.17, 15) is 9.50 Å². The van der Waals surface area contributed by atoms with Crippen molar-refractivity contribution < 1.29 is 9.50 Å². The molecule has 0 aromatic carbocycles. The molecular formula is C9H12FNO. The van der Waals surface area contributed by atoms with Gasteiger partial charge in [-0.3, -0.25) is 4.98 Å². The van der Waals surface area contributed by atoms with E-state index >= 15 is 0 Å². The van der Waals surface area contributed by atoms with Gasteiger partial charge in [0, 0.05) is 0 Å². The van der Waals surface area contributed by atoms with Crippen LogP contribution in [0.4, 0.5) is 4.39 Å². The molecule has 0 saturated heterocycles. The third kappa shape index (κ3) is 2.27. The number of aliphatic hydroxyl groups is 1. The van der Waals surface area contributed by atoms with Gasteiger partial charge in [0.1, 0.15) is 5.82 Å². The zero-order valence-corrected chi connectivity index (χ0v) is 7.00. The first-order valence-corrected chi connectivity index (χ1v) is 4.03. The monoisotopic (exact) mass is 169 g/mol. The van der Waals surface area contributed by atoms with Gasteiger partial charge in [0.15, 0.2) is 0 Å².